The van der Waals surface area contributed by atoms with Gasteiger partial charge in [-0.05, 0) is 18.6 Å². The summed E-state index contributed by atoms with van der Waals surface area (Å²) in [6.45, 7) is 3.40. The molecule has 28 heavy (non-hydrogen) atoms. The lowest BCUT2D eigenvalue weighted by atomic mass is 10.0. The van der Waals surface area contributed by atoms with E-state index in [1.807, 2.05) is 0 Å². The summed E-state index contributed by atoms with van der Waals surface area (Å²) >= 11 is 0. The van der Waals surface area contributed by atoms with E-state index >= 15 is 0 Å². The number of hydrogen-bond donors (Lipinski definition) is 0. The fourth-order valence-corrected chi connectivity index (χ4v) is 3.56. The Morgan fingerprint density at radius 1 is 0.679 bits per heavy atom. The van der Waals surface area contributed by atoms with Gasteiger partial charge in [0, 0.05) is 12.0 Å². The Hall–Kier alpha value is -1.02. The van der Waals surface area contributed by atoms with E-state index in [-0.39, 0.29) is 12.4 Å². The molecule has 0 N–H and O–H groups in total. The van der Waals surface area contributed by atoms with Crippen molar-refractivity contribution >= 4 is 6.21 Å². The largest absolute Gasteiger partial charge is 1.00 e. The predicted octanol–water partition coefficient (Wildman–Crippen LogP) is 4.08. The van der Waals surface area contributed by atoms with Crippen LogP contribution in [0.15, 0.2) is 30.3 Å². The second kappa shape index (κ2) is 19.3. The second-order valence-electron chi connectivity index (χ2n) is 8.15. The fraction of sp³-hybridized carbons (Fsp3) is 0.720. The second-order valence-corrected chi connectivity index (χ2v) is 8.15. The highest BCUT2D eigenvalue weighted by Crippen LogP contribution is 2.13. The van der Waals surface area contributed by atoms with Crippen LogP contribution in [0, 0.1) is 0 Å². The molecule has 0 fully saturated rings. The molecular weight excluding hydrogens is 364 g/mol. The van der Waals surface area contributed by atoms with Gasteiger partial charge < -0.3 is 12.4 Å². The van der Waals surface area contributed by atoms with Crippen molar-refractivity contribution in [3.05, 3.63) is 35.9 Å². The summed E-state index contributed by atoms with van der Waals surface area (Å²) in [6, 6.07) is 10.6. The first-order valence-corrected chi connectivity index (χ1v) is 11.6. The third-order valence-corrected chi connectivity index (χ3v) is 5.35. The van der Waals surface area contributed by atoms with Crippen LogP contribution in [0.25, 0.3) is 0 Å². The number of unbranched alkanes of at least 4 members (excludes halogenated alkanes) is 13. The average molecular weight is 409 g/mol. The van der Waals surface area contributed by atoms with Crippen molar-refractivity contribution in [2.45, 2.75) is 96.8 Å². The standard InChI is InChI=1S/C25H45N2.ClH/c1-4-5-6-7-8-9-10-11-12-13-14-15-16-20-23-27(26(2)3)24-25-21-18-17-19-22-25;/h17-19,21-22,24H,4-16,20,23H2,1-3H3;1H/q+1;/p-1. The third-order valence-electron chi connectivity index (χ3n) is 5.35. The third kappa shape index (κ3) is 15.0. The maximum Gasteiger partial charge on any atom is 0.200 e. The molecule has 2 nitrogen and oxygen atoms in total. The van der Waals surface area contributed by atoms with Crippen LogP contribution in [0.1, 0.15) is 102 Å². The fourth-order valence-electron chi connectivity index (χ4n) is 3.56. The minimum Gasteiger partial charge on any atom is -1.00 e. The molecule has 3 heteroatoms. The number of hydrazone groups is 1. The Morgan fingerprint density at radius 3 is 1.54 bits per heavy atom. The monoisotopic (exact) mass is 408 g/mol. The van der Waals surface area contributed by atoms with Crippen LogP contribution in [0.4, 0.5) is 0 Å². The molecule has 0 heterocycles. The SMILES string of the molecule is CCCCCCCCCCCCCCCC[N+](=Cc1ccccc1)N(C)C.[Cl-]. The smallest absolute Gasteiger partial charge is 0.200 e. The van der Waals surface area contributed by atoms with Crippen molar-refractivity contribution < 1.29 is 17.1 Å². The molecular formula is C25H45ClN2. The molecule has 0 aromatic heterocycles. The molecule has 0 radical (unpaired) electrons. The Bertz CT molecular complexity index is 471. The van der Waals surface area contributed by atoms with E-state index in [0.717, 1.165) is 6.54 Å². The average Bonchev–Trinajstić information content (AvgIpc) is 2.68. The molecule has 0 aliphatic carbocycles. The van der Waals surface area contributed by atoms with Crippen molar-refractivity contribution in [2.75, 3.05) is 20.6 Å². The van der Waals surface area contributed by atoms with Gasteiger partial charge in [0.2, 0.25) is 6.21 Å². The quantitative estimate of drug-likeness (QED) is 0.163. The van der Waals surface area contributed by atoms with Crippen LogP contribution in [0.2, 0.25) is 0 Å². The summed E-state index contributed by atoms with van der Waals surface area (Å²) in [7, 11) is 4.26. The van der Waals surface area contributed by atoms with Crippen molar-refractivity contribution in [1.29, 1.82) is 0 Å². The number of benzene rings is 1. The van der Waals surface area contributed by atoms with E-state index in [4.69, 9.17) is 0 Å². The Balaban J connectivity index is 0.00000729. The molecule has 1 aromatic carbocycles. The molecule has 0 unspecified atom stereocenters. The lowest BCUT2D eigenvalue weighted by Crippen LogP contribution is -3.00. The van der Waals surface area contributed by atoms with E-state index in [9.17, 15) is 0 Å². The summed E-state index contributed by atoms with van der Waals surface area (Å²) in [5, 5.41) is 2.19. The number of rotatable bonds is 17. The predicted molar refractivity (Wildman–Crippen MR) is 121 cm³/mol. The molecule has 1 rings (SSSR count). The zero-order valence-corrected chi connectivity index (χ0v) is 19.6. The van der Waals surface area contributed by atoms with Crippen LogP contribution in [-0.2, 0) is 0 Å². The summed E-state index contributed by atoms with van der Waals surface area (Å²) < 4.78 is 2.33. The van der Waals surface area contributed by atoms with E-state index in [2.05, 4.69) is 67.3 Å². The van der Waals surface area contributed by atoms with Gasteiger partial charge in [0.05, 0.1) is 14.1 Å². The molecule has 0 spiro atoms. The molecule has 0 saturated carbocycles. The highest BCUT2D eigenvalue weighted by atomic mass is 35.5. The van der Waals surface area contributed by atoms with Crippen molar-refractivity contribution in [3.63, 3.8) is 0 Å². The first kappa shape index (κ1) is 27.0. The van der Waals surface area contributed by atoms with Gasteiger partial charge >= 0.3 is 0 Å². The summed E-state index contributed by atoms with van der Waals surface area (Å²) in [5.41, 5.74) is 1.27. The van der Waals surface area contributed by atoms with Crippen molar-refractivity contribution in [3.8, 4) is 0 Å². The lowest BCUT2D eigenvalue weighted by molar-refractivity contribution is -0.674. The van der Waals surface area contributed by atoms with Gasteiger partial charge in [-0.25, -0.2) is 0 Å². The number of nitrogens with zero attached hydrogens (tertiary/aromatic N) is 2. The number of hydrazine groups is 1. The molecule has 0 saturated heterocycles. The highest BCUT2D eigenvalue weighted by molar-refractivity contribution is 5.75. The Morgan fingerprint density at radius 2 is 1.11 bits per heavy atom. The minimum atomic E-state index is 0. The molecule has 0 aliphatic rings. The van der Waals surface area contributed by atoms with Crippen LogP contribution in [-0.4, -0.2) is 36.5 Å². The molecule has 0 atom stereocenters. The number of halogens is 1. The van der Waals surface area contributed by atoms with Gasteiger partial charge in [-0.15, -0.1) is 4.68 Å². The minimum absolute atomic E-state index is 0. The Kier molecular flexibility index (Phi) is 18.6. The maximum atomic E-state index is 2.33. The van der Waals surface area contributed by atoms with Crippen LogP contribution in [0.5, 0.6) is 0 Å². The van der Waals surface area contributed by atoms with E-state index in [1.165, 1.54) is 95.5 Å². The van der Waals surface area contributed by atoms with Gasteiger partial charge in [0.25, 0.3) is 0 Å². The molecule has 162 valence electrons. The van der Waals surface area contributed by atoms with Gasteiger partial charge in [0.1, 0.15) is 0 Å². The maximum absolute atomic E-state index is 2.33. The summed E-state index contributed by atoms with van der Waals surface area (Å²) in [6.07, 6.45) is 22.1. The van der Waals surface area contributed by atoms with Gasteiger partial charge in [-0.3, -0.25) is 0 Å². The highest BCUT2D eigenvalue weighted by Gasteiger charge is 2.07. The normalized spacial score (nSPS) is 11.3. The van der Waals surface area contributed by atoms with Crippen LogP contribution < -0.4 is 12.4 Å². The van der Waals surface area contributed by atoms with Gasteiger partial charge in [-0.2, -0.15) is 5.01 Å². The Labute approximate surface area is 181 Å². The molecule has 0 aliphatic heterocycles. The zero-order chi connectivity index (χ0) is 19.6. The van der Waals surface area contributed by atoms with Gasteiger partial charge in [0.15, 0.2) is 6.54 Å². The molecule has 0 amide bonds. The van der Waals surface area contributed by atoms with E-state index in [0.29, 0.717) is 0 Å². The summed E-state index contributed by atoms with van der Waals surface area (Å²) in [5.74, 6) is 0. The summed E-state index contributed by atoms with van der Waals surface area (Å²) in [4.78, 5) is 0. The van der Waals surface area contributed by atoms with Crippen LogP contribution in [0.3, 0.4) is 0 Å². The first-order valence-electron chi connectivity index (χ1n) is 11.6. The molecule has 0 bridgehead atoms. The zero-order valence-electron chi connectivity index (χ0n) is 18.8. The molecule has 1 aromatic rings. The van der Waals surface area contributed by atoms with Gasteiger partial charge in [-0.1, -0.05) is 102 Å². The van der Waals surface area contributed by atoms with Crippen molar-refractivity contribution in [2.24, 2.45) is 0 Å². The first-order chi connectivity index (χ1) is 13.2. The number of hydrogen-bond acceptors (Lipinski definition) is 1. The van der Waals surface area contributed by atoms with Crippen LogP contribution >= 0.6 is 0 Å². The topological polar surface area (TPSA) is 6.25 Å². The lowest BCUT2D eigenvalue weighted by Gasteiger charge is -2.11. The van der Waals surface area contributed by atoms with E-state index < -0.39 is 0 Å². The van der Waals surface area contributed by atoms with Crippen molar-refractivity contribution in [1.82, 2.24) is 5.01 Å². The van der Waals surface area contributed by atoms with E-state index in [1.54, 1.807) is 0 Å².